The fraction of sp³-hybridized carbons (Fsp3) is 0.333. The number of anilines is 1. The Labute approximate surface area is 237 Å². The average Bonchev–Trinajstić information content (AvgIpc) is 3.53. The van der Waals surface area contributed by atoms with Crippen LogP contribution in [0.25, 0.3) is 21.2 Å². The van der Waals surface area contributed by atoms with Crippen LogP contribution in [0, 0.1) is 0 Å². The van der Waals surface area contributed by atoms with Crippen LogP contribution < -0.4 is 9.64 Å². The maximum atomic E-state index is 12.6. The molecule has 39 heavy (non-hydrogen) atoms. The first-order chi connectivity index (χ1) is 19.0. The second-order valence-electron chi connectivity index (χ2n) is 8.83. The first-order valence-electron chi connectivity index (χ1n) is 13.2. The predicted molar refractivity (Wildman–Crippen MR) is 163 cm³/mol. The number of methoxy groups -OCH3 is 1. The molecule has 2 heterocycles. The molecule has 0 radical (unpaired) electrons. The summed E-state index contributed by atoms with van der Waals surface area (Å²) in [5.74, 6) is 0.402. The van der Waals surface area contributed by atoms with Crippen LogP contribution >= 0.6 is 22.7 Å². The summed E-state index contributed by atoms with van der Waals surface area (Å²) in [4.78, 5) is 21.3. The molecular formula is C30H34N4O3S2. The molecule has 0 saturated heterocycles. The average molecular weight is 563 g/mol. The van der Waals surface area contributed by atoms with E-state index in [1.54, 1.807) is 0 Å². The van der Waals surface area contributed by atoms with E-state index >= 15 is 0 Å². The Morgan fingerprint density at radius 1 is 0.974 bits per heavy atom. The molecule has 2 aromatic carbocycles. The lowest BCUT2D eigenvalue weighted by Gasteiger charge is -2.20. The molecule has 204 valence electrons. The highest BCUT2D eigenvalue weighted by molar-refractivity contribution is 7.29. The number of hydrogen-bond donors (Lipinski definition) is 0. The van der Waals surface area contributed by atoms with Crippen molar-refractivity contribution in [2.75, 3.05) is 31.7 Å². The number of hydrogen-bond acceptors (Lipinski definition) is 9. The van der Waals surface area contributed by atoms with Crippen molar-refractivity contribution in [2.24, 2.45) is 10.2 Å². The Morgan fingerprint density at radius 2 is 1.72 bits per heavy atom. The Hall–Kier alpha value is -3.56. The number of rotatable bonds is 13. The van der Waals surface area contributed by atoms with E-state index in [0.717, 1.165) is 63.8 Å². The van der Waals surface area contributed by atoms with E-state index in [2.05, 4.69) is 53.0 Å². The van der Waals surface area contributed by atoms with E-state index in [1.165, 1.54) is 35.5 Å². The molecule has 0 saturated carbocycles. The van der Waals surface area contributed by atoms with Gasteiger partial charge in [0.15, 0.2) is 0 Å². The molecule has 7 nitrogen and oxygen atoms in total. The van der Waals surface area contributed by atoms with E-state index in [0.29, 0.717) is 17.3 Å². The molecule has 0 spiro atoms. The SMILES string of the molecule is CCCCCOc1ccc(/C(=C/c2cc3sc(/N=N/c4ccc(N(CC)CC)cc4)nc3s2)C(=O)OC)cc1. The predicted octanol–water partition coefficient (Wildman–Crippen LogP) is 8.90. The number of thiophene rings is 1. The summed E-state index contributed by atoms with van der Waals surface area (Å²) >= 11 is 2.97. The van der Waals surface area contributed by atoms with Crippen molar-refractivity contribution in [2.45, 2.75) is 40.0 Å². The fourth-order valence-electron chi connectivity index (χ4n) is 4.06. The molecule has 0 aliphatic rings. The second kappa shape index (κ2) is 14.0. The third kappa shape index (κ3) is 7.52. The number of fused-ring (bicyclic) bond motifs is 1. The quantitative estimate of drug-likeness (QED) is 0.0704. The minimum Gasteiger partial charge on any atom is -0.494 e. The van der Waals surface area contributed by atoms with E-state index in [1.807, 2.05) is 48.5 Å². The van der Waals surface area contributed by atoms with Gasteiger partial charge in [-0.1, -0.05) is 43.2 Å². The summed E-state index contributed by atoms with van der Waals surface area (Å²) in [5, 5.41) is 9.30. The van der Waals surface area contributed by atoms with E-state index < -0.39 is 5.97 Å². The number of thiazole rings is 1. The van der Waals surface area contributed by atoms with Gasteiger partial charge in [-0.2, -0.15) is 0 Å². The number of unbranched alkanes of at least 4 members (excludes halogenated alkanes) is 2. The van der Waals surface area contributed by atoms with Crippen molar-refractivity contribution in [3.05, 3.63) is 65.0 Å². The molecule has 4 aromatic rings. The molecule has 9 heteroatoms. The van der Waals surface area contributed by atoms with Crippen molar-refractivity contribution >= 4 is 66.3 Å². The normalized spacial score (nSPS) is 11.8. The number of azo groups is 1. The molecule has 0 aliphatic carbocycles. The first-order valence-corrected chi connectivity index (χ1v) is 14.9. The third-order valence-electron chi connectivity index (χ3n) is 6.20. The highest BCUT2D eigenvalue weighted by atomic mass is 32.1. The minimum absolute atomic E-state index is 0.391. The van der Waals surface area contributed by atoms with Gasteiger partial charge in [-0.15, -0.1) is 21.6 Å². The summed E-state index contributed by atoms with van der Waals surface area (Å²) in [5.41, 5.74) is 3.21. The summed E-state index contributed by atoms with van der Waals surface area (Å²) in [7, 11) is 1.39. The van der Waals surface area contributed by atoms with Crippen molar-refractivity contribution < 1.29 is 14.3 Å². The number of benzene rings is 2. The van der Waals surface area contributed by atoms with Gasteiger partial charge in [-0.05, 0) is 74.4 Å². The zero-order valence-corrected chi connectivity index (χ0v) is 24.5. The van der Waals surface area contributed by atoms with Gasteiger partial charge in [0, 0.05) is 23.7 Å². The molecule has 0 fully saturated rings. The Morgan fingerprint density at radius 3 is 2.36 bits per heavy atom. The molecule has 0 aliphatic heterocycles. The molecule has 0 atom stereocenters. The van der Waals surface area contributed by atoms with Crippen molar-refractivity contribution in [1.82, 2.24) is 4.98 Å². The Balaban J connectivity index is 1.47. The molecule has 0 N–H and O–H groups in total. The lowest BCUT2D eigenvalue weighted by molar-refractivity contribution is -0.133. The maximum absolute atomic E-state index is 12.6. The number of esters is 1. The van der Waals surface area contributed by atoms with Crippen LogP contribution in [0.1, 0.15) is 50.5 Å². The molecule has 4 rings (SSSR count). The van der Waals surface area contributed by atoms with Gasteiger partial charge in [0.05, 0.1) is 29.7 Å². The van der Waals surface area contributed by atoms with E-state index in [-0.39, 0.29) is 0 Å². The topological polar surface area (TPSA) is 76.4 Å². The number of ether oxygens (including phenoxy) is 2. The van der Waals surface area contributed by atoms with Crippen molar-refractivity contribution in [3.63, 3.8) is 0 Å². The number of nitrogens with zero attached hydrogens (tertiary/aromatic N) is 4. The minimum atomic E-state index is -0.391. The summed E-state index contributed by atoms with van der Waals surface area (Å²) < 4.78 is 11.9. The van der Waals surface area contributed by atoms with Crippen LogP contribution in [0.2, 0.25) is 0 Å². The summed E-state index contributed by atoms with van der Waals surface area (Å²) in [6.07, 6.45) is 5.18. The third-order valence-corrected chi connectivity index (χ3v) is 8.19. The lowest BCUT2D eigenvalue weighted by atomic mass is 10.1. The van der Waals surface area contributed by atoms with Crippen LogP contribution in [0.5, 0.6) is 5.75 Å². The zero-order valence-electron chi connectivity index (χ0n) is 22.8. The fourth-order valence-corrected chi connectivity index (χ4v) is 6.04. The number of carbonyl (C=O) groups excluding carboxylic acids is 1. The van der Waals surface area contributed by atoms with E-state index in [4.69, 9.17) is 9.47 Å². The van der Waals surface area contributed by atoms with Crippen LogP contribution in [0.15, 0.2) is 64.8 Å². The first kappa shape index (κ1) is 28.4. The molecule has 0 unspecified atom stereocenters. The number of aromatic nitrogens is 1. The standard InChI is InChI=1S/C30H34N4O3S2/c1-5-8-9-18-37-24-16-10-21(11-17-24)26(29(35)36-4)19-25-20-27-28(38-25)31-30(39-27)33-32-22-12-14-23(15-13-22)34(6-2)7-3/h10-17,19-20H,5-9,18H2,1-4H3/b26-19-,33-32+. The molecule has 0 amide bonds. The summed E-state index contributed by atoms with van der Waals surface area (Å²) in [6, 6.07) is 17.6. The van der Waals surface area contributed by atoms with Crippen molar-refractivity contribution in [3.8, 4) is 5.75 Å². The van der Waals surface area contributed by atoms with Gasteiger partial charge in [-0.25, -0.2) is 9.78 Å². The zero-order chi connectivity index (χ0) is 27.6. The van der Waals surface area contributed by atoms with Gasteiger partial charge in [0.25, 0.3) is 0 Å². The summed E-state index contributed by atoms with van der Waals surface area (Å²) in [6.45, 7) is 9.08. The largest absolute Gasteiger partial charge is 0.494 e. The van der Waals surface area contributed by atoms with Crippen LogP contribution in [-0.2, 0) is 9.53 Å². The smallest absolute Gasteiger partial charge is 0.338 e. The van der Waals surface area contributed by atoms with Crippen LogP contribution in [-0.4, -0.2) is 37.8 Å². The molecular weight excluding hydrogens is 528 g/mol. The van der Waals surface area contributed by atoms with Gasteiger partial charge in [-0.3, -0.25) is 0 Å². The second-order valence-corrected chi connectivity index (χ2v) is 10.9. The van der Waals surface area contributed by atoms with Crippen LogP contribution in [0.3, 0.4) is 0 Å². The molecule has 2 aromatic heterocycles. The maximum Gasteiger partial charge on any atom is 0.338 e. The highest BCUT2D eigenvalue weighted by Crippen LogP contribution is 2.37. The van der Waals surface area contributed by atoms with Gasteiger partial charge in [0.1, 0.15) is 10.6 Å². The van der Waals surface area contributed by atoms with Gasteiger partial charge < -0.3 is 14.4 Å². The molecule has 0 bridgehead atoms. The van der Waals surface area contributed by atoms with Crippen LogP contribution in [0.4, 0.5) is 16.5 Å². The highest BCUT2D eigenvalue weighted by Gasteiger charge is 2.15. The van der Waals surface area contributed by atoms with Gasteiger partial charge >= 0.3 is 5.97 Å². The number of carbonyl (C=O) groups is 1. The van der Waals surface area contributed by atoms with Gasteiger partial charge in [0.2, 0.25) is 5.13 Å². The Bertz CT molecular complexity index is 1390. The Kier molecular flexibility index (Phi) is 10.2. The monoisotopic (exact) mass is 562 g/mol. The van der Waals surface area contributed by atoms with E-state index in [9.17, 15) is 4.79 Å². The lowest BCUT2D eigenvalue weighted by Crippen LogP contribution is -2.21. The van der Waals surface area contributed by atoms with Crippen molar-refractivity contribution in [1.29, 1.82) is 0 Å².